The van der Waals surface area contributed by atoms with E-state index in [1.165, 1.54) is 24.3 Å². The molecule has 0 saturated carbocycles. The third-order valence-corrected chi connectivity index (χ3v) is 5.63. The Labute approximate surface area is 175 Å². The van der Waals surface area contributed by atoms with Crippen LogP contribution in [0.1, 0.15) is 28.8 Å². The molecule has 1 saturated heterocycles. The van der Waals surface area contributed by atoms with Crippen molar-refractivity contribution in [1.82, 2.24) is 9.80 Å². The summed E-state index contributed by atoms with van der Waals surface area (Å²) >= 11 is 0. The third kappa shape index (κ3) is 4.40. The summed E-state index contributed by atoms with van der Waals surface area (Å²) in [6.07, 6.45) is 1.24. The summed E-state index contributed by atoms with van der Waals surface area (Å²) in [6, 6.07) is 11.3. The summed E-state index contributed by atoms with van der Waals surface area (Å²) in [5, 5.41) is 0. The van der Waals surface area contributed by atoms with Crippen molar-refractivity contribution >= 4 is 11.8 Å². The van der Waals surface area contributed by atoms with Gasteiger partial charge in [0.25, 0.3) is 5.91 Å². The number of hydrogen-bond acceptors (Lipinski definition) is 4. The molecule has 0 radical (unpaired) electrons. The fraction of sp³-hybridized carbons (Fsp3) is 0.391. The maximum absolute atomic E-state index is 13.1. The van der Waals surface area contributed by atoms with Crippen molar-refractivity contribution in [2.45, 2.75) is 19.4 Å². The zero-order valence-electron chi connectivity index (χ0n) is 17.0. The van der Waals surface area contributed by atoms with E-state index in [2.05, 4.69) is 0 Å². The number of carbonyl (C=O) groups is 2. The lowest BCUT2D eigenvalue weighted by Crippen LogP contribution is -2.43. The van der Waals surface area contributed by atoms with Crippen LogP contribution >= 0.6 is 0 Å². The van der Waals surface area contributed by atoms with E-state index >= 15 is 0 Å². The van der Waals surface area contributed by atoms with Gasteiger partial charge in [0.05, 0.1) is 0 Å². The molecule has 2 amide bonds. The Balaban J connectivity index is 1.31. The molecule has 2 heterocycles. The molecule has 7 heteroatoms. The minimum absolute atomic E-state index is 0.0822. The Kier molecular flexibility index (Phi) is 5.88. The van der Waals surface area contributed by atoms with Gasteiger partial charge in [-0.15, -0.1) is 0 Å². The standard InChI is InChI=1S/C23H25FN2O4/c1-25(15-16-2-7-20-21(14-16)30-13-12-29-20)22(27)18-8-10-26(11-9-18)23(28)17-3-5-19(24)6-4-17/h2-7,14,18H,8-13,15H2,1H3. The first kappa shape index (κ1) is 20.2. The van der Waals surface area contributed by atoms with Gasteiger partial charge in [-0.25, -0.2) is 4.39 Å². The largest absolute Gasteiger partial charge is 0.486 e. The molecular weight excluding hydrogens is 387 g/mol. The second kappa shape index (κ2) is 8.73. The Morgan fingerprint density at radius 3 is 2.40 bits per heavy atom. The predicted molar refractivity (Wildman–Crippen MR) is 109 cm³/mol. The number of carbonyl (C=O) groups excluding carboxylic acids is 2. The summed E-state index contributed by atoms with van der Waals surface area (Å²) in [6.45, 7) is 2.60. The van der Waals surface area contributed by atoms with Gasteiger partial charge in [-0.05, 0) is 54.8 Å². The first-order valence-corrected chi connectivity index (χ1v) is 10.2. The molecule has 0 spiro atoms. The Hall–Kier alpha value is -3.09. The van der Waals surface area contributed by atoms with Gasteiger partial charge in [0.15, 0.2) is 11.5 Å². The minimum Gasteiger partial charge on any atom is -0.486 e. The van der Waals surface area contributed by atoms with Crippen LogP contribution in [0.4, 0.5) is 4.39 Å². The minimum atomic E-state index is -0.364. The molecule has 0 bridgehead atoms. The second-order valence-electron chi connectivity index (χ2n) is 7.75. The second-order valence-corrected chi connectivity index (χ2v) is 7.75. The van der Waals surface area contributed by atoms with E-state index in [9.17, 15) is 14.0 Å². The van der Waals surface area contributed by atoms with Crippen molar-refractivity contribution in [3.8, 4) is 11.5 Å². The highest BCUT2D eigenvalue weighted by Gasteiger charge is 2.29. The molecule has 0 aliphatic carbocycles. The maximum Gasteiger partial charge on any atom is 0.253 e. The topological polar surface area (TPSA) is 59.1 Å². The van der Waals surface area contributed by atoms with Gasteiger partial charge in [-0.1, -0.05) is 6.07 Å². The van der Waals surface area contributed by atoms with Crippen LogP contribution in [-0.4, -0.2) is 55.0 Å². The fourth-order valence-electron chi connectivity index (χ4n) is 3.95. The van der Waals surface area contributed by atoms with Crippen LogP contribution in [0.3, 0.4) is 0 Å². The Bertz CT molecular complexity index is 923. The van der Waals surface area contributed by atoms with Crippen LogP contribution in [0.2, 0.25) is 0 Å². The van der Waals surface area contributed by atoms with E-state index in [4.69, 9.17) is 9.47 Å². The van der Waals surface area contributed by atoms with Gasteiger partial charge in [-0.2, -0.15) is 0 Å². The molecule has 0 unspecified atom stereocenters. The van der Waals surface area contributed by atoms with Crippen molar-refractivity contribution in [3.63, 3.8) is 0 Å². The highest BCUT2D eigenvalue weighted by atomic mass is 19.1. The summed E-state index contributed by atoms with van der Waals surface area (Å²) in [7, 11) is 1.80. The molecule has 2 aliphatic heterocycles. The van der Waals surface area contributed by atoms with Crippen LogP contribution in [0, 0.1) is 11.7 Å². The molecule has 2 aliphatic rings. The smallest absolute Gasteiger partial charge is 0.253 e. The average molecular weight is 412 g/mol. The highest BCUT2D eigenvalue weighted by Crippen LogP contribution is 2.31. The van der Waals surface area contributed by atoms with Crippen LogP contribution in [0.25, 0.3) is 0 Å². The monoisotopic (exact) mass is 412 g/mol. The molecule has 0 aromatic heterocycles. The number of piperidine rings is 1. The number of nitrogens with zero attached hydrogens (tertiary/aromatic N) is 2. The van der Waals surface area contributed by atoms with Gasteiger partial charge in [-0.3, -0.25) is 9.59 Å². The number of hydrogen-bond donors (Lipinski definition) is 0. The normalized spacial score (nSPS) is 16.3. The number of rotatable bonds is 4. The zero-order chi connectivity index (χ0) is 21.1. The lowest BCUT2D eigenvalue weighted by atomic mass is 9.94. The van der Waals surface area contributed by atoms with Crippen molar-refractivity contribution in [3.05, 3.63) is 59.4 Å². The zero-order valence-corrected chi connectivity index (χ0v) is 17.0. The van der Waals surface area contributed by atoms with Crippen molar-refractivity contribution in [2.24, 2.45) is 5.92 Å². The molecule has 158 valence electrons. The van der Waals surface area contributed by atoms with Crippen molar-refractivity contribution < 1.29 is 23.5 Å². The fourth-order valence-corrected chi connectivity index (χ4v) is 3.95. The van der Waals surface area contributed by atoms with Crippen LogP contribution in [0.15, 0.2) is 42.5 Å². The lowest BCUT2D eigenvalue weighted by molar-refractivity contribution is -0.136. The summed E-state index contributed by atoms with van der Waals surface area (Å²) in [5.41, 5.74) is 1.45. The van der Waals surface area contributed by atoms with Gasteiger partial charge in [0.2, 0.25) is 5.91 Å². The number of likely N-dealkylation sites (tertiary alicyclic amines) is 1. The number of amides is 2. The Morgan fingerprint density at radius 1 is 1.03 bits per heavy atom. The molecule has 0 atom stereocenters. The number of halogens is 1. The molecule has 30 heavy (non-hydrogen) atoms. The molecule has 1 fully saturated rings. The first-order valence-electron chi connectivity index (χ1n) is 10.2. The number of ether oxygens (including phenoxy) is 2. The molecule has 2 aromatic carbocycles. The quantitative estimate of drug-likeness (QED) is 0.774. The summed E-state index contributed by atoms with van der Waals surface area (Å²) < 4.78 is 24.2. The lowest BCUT2D eigenvalue weighted by Gasteiger charge is -2.33. The molecule has 6 nitrogen and oxygen atoms in total. The molecule has 0 N–H and O–H groups in total. The van der Waals surface area contributed by atoms with Crippen molar-refractivity contribution in [2.75, 3.05) is 33.4 Å². The van der Waals surface area contributed by atoms with E-state index in [-0.39, 0.29) is 23.5 Å². The number of fused-ring (bicyclic) bond motifs is 1. The van der Waals surface area contributed by atoms with E-state index in [0.717, 1.165) is 11.3 Å². The third-order valence-electron chi connectivity index (χ3n) is 5.63. The maximum atomic E-state index is 13.1. The van der Waals surface area contributed by atoms with Crippen LogP contribution in [0.5, 0.6) is 11.5 Å². The van der Waals surface area contributed by atoms with Crippen LogP contribution in [-0.2, 0) is 11.3 Å². The van der Waals surface area contributed by atoms with E-state index in [0.29, 0.717) is 57.0 Å². The first-order chi connectivity index (χ1) is 14.5. The van der Waals surface area contributed by atoms with Gasteiger partial charge in [0, 0.05) is 38.2 Å². The molecular formula is C23H25FN2O4. The highest BCUT2D eigenvalue weighted by molar-refractivity contribution is 5.94. The van der Waals surface area contributed by atoms with Gasteiger partial charge in [0.1, 0.15) is 19.0 Å². The van der Waals surface area contributed by atoms with Gasteiger partial charge >= 0.3 is 0 Å². The summed E-state index contributed by atoms with van der Waals surface area (Å²) in [5.74, 6) is 0.940. The SMILES string of the molecule is CN(Cc1ccc2c(c1)OCCO2)C(=O)C1CCN(C(=O)c2ccc(F)cc2)CC1. The van der Waals surface area contributed by atoms with E-state index < -0.39 is 0 Å². The molecule has 4 rings (SSSR count). The number of benzene rings is 2. The average Bonchev–Trinajstić information content (AvgIpc) is 2.78. The molecule has 2 aromatic rings. The Morgan fingerprint density at radius 2 is 1.70 bits per heavy atom. The summed E-state index contributed by atoms with van der Waals surface area (Å²) in [4.78, 5) is 28.9. The van der Waals surface area contributed by atoms with E-state index in [1.54, 1.807) is 16.8 Å². The predicted octanol–water partition coefficient (Wildman–Crippen LogP) is 3.11. The van der Waals surface area contributed by atoms with Gasteiger partial charge < -0.3 is 19.3 Å². The van der Waals surface area contributed by atoms with Crippen molar-refractivity contribution in [1.29, 1.82) is 0 Å². The van der Waals surface area contributed by atoms with E-state index in [1.807, 2.05) is 18.2 Å². The van der Waals surface area contributed by atoms with Crippen LogP contribution < -0.4 is 9.47 Å².